The Balaban J connectivity index is 2.29. The van der Waals surface area contributed by atoms with Crippen molar-refractivity contribution in [1.29, 1.82) is 0 Å². The molecule has 1 heterocycles. The van der Waals surface area contributed by atoms with Gasteiger partial charge in [-0.25, -0.2) is 8.42 Å². The van der Waals surface area contributed by atoms with Crippen LogP contribution in [0, 0.1) is 0 Å². The van der Waals surface area contributed by atoms with E-state index in [1.54, 1.807) is 0 Å². The fourth-order valence-corrected chi connectivity index (χ4v) is 4.29. The summed E-state index contributed by atoms with van der Waals surface area (Å²) in [6.07, 6.45) is 1.85. The van der Waals surface area contributed by atoms with Crippen molar-refractivity contribution in [2.45, 2.75) is 30.4 Å². The lowest BCUT2D eigenvalue weighted by molar-refractivity contribution is 0.190. The van der Waals surface area contributed by atoms with Crippen molar-refractivity contribution in [3.8, 4) is 0 Å². The molecule has 0 aromatic heterocycles. The van der Waals surface area contributed by atoms with E-state index in [1.165, 1.54) is 22.5 Å². The summed E-state index contributed by atoms with van der Waals surface area (Å²) in [4.78, 5) is 2.25. The summed E-state index contributed by atoms with van der Waals surface area (Å²) in [5.41, 5.74) is 0.430. The number of piperidine rings is 1. The molecule has 0 saturated carbocycles. The van der Waals surface area contributed by atoms with E-state index >= 15 is 0 Å². The highest BCUT2D eigenvalue weighted by Gasteiger charge is 2.31. The number of halogens is 1. The highest BCUT2D eigenvalue weighted by molar-refractivity contribution is 7.89. The molecule has 1 aliphatic rings. The minimum atomic E-state index is -3.54. The average molecular weight is 333 g/mol. The molecule has 1 saturated heterocycles. The van der Waals surface area contributed by atoms with Gasteiger partial charge in [-0.1, -0.05) is 11.6 Å². The molecule has 2 rings (SSSR count). The van der Waals surface area contributed by atoms with Crippen molar-refractivity contribution >= 4 is 21.6 Å². The zero-order valence-electron chi connectivity index (χ0n) is 12.3. The second-order valence-electron chi connectivity index (χ2n) is 5.53. The van der Waals surface area contributed by atoms with Gasteiger partial charge in [-0.2, -0.15) is 4.31 Å². The third-order valence-electron chi connectivity index (χ3n) is 3.91. The maximum Gasteiger partial charge on any atom is 0.243 e. The van der Waals surface area contributed by atoms with Crippen LogP contribution in [0.3, 0.4) is 0 Å². The Labute approximate surface area is 131 Å². The van der Waals surface area contributed by atoms with Crippen molar-refractivity contribution in [2.75, 3.05) is 27.2 Å². The average Bonchev–Trinajstić information content (AvgIpc) is 2.47. The van der Waals surface area contributed by atoms with Gasteiger partial charge in [0.1, 0.15) is 0 Å². The number of nitrogens with zero attached hydrogens (tertiary/aromatic N) is 2. The highest BCUT2D eigenvalue weighted by atomic mass is 35.5. The van der Waals surface area contributed by atoms with Crippen LogP contribution in [0.4, 0.5) is 0 Å². The summed E-state index contributed by atoms with van der Waals surface area (Å²) in [6, 6.07) is 4.71. The molecule has 0 bridgehead atoms. The van der Waals surface area contributed by atoms with E-state index in [2.05, 4.69) is 4.90 Å². The van der Waals surface area contributed by atoms with Gasteiger partial charge in [-0.3, -0.25) is 0 Å². The van der Waals surface area contributed by atoms with Crippen molar-refractivity contribution in [3.63, 3.8) is 0 Å². The third kappa shape index (κ3) is 3.57. The Kier molecular flexibility index (Phi) is 5.27. The first-order valence-corrected chi connectivity index (χ1v) is 8.74. The largest absolute Gasteiger partial charge is 0.392 e. The van der Waals surface area contributed by atoms with E-state index < -0.39 is 10.0 Å². The fourth-order valence-electron chi connectivity index (χ4n) is 2.54. The normalized spacial score (nSPS) is 20.9. The quantitative estimate of drug-likeness (QED) is 0.908. The molecule has 0 amide bonds. The number of hydrogen-bond acceptors (Lipinski definition) is 4. The van der Waals surface area contributed by atoms with Crippen LogP contribution in [0.25, 0.3) is 0 Å². The van der Waals surface area contributed by atoms with Crippen molar-refractivity contribution in [1.82, 2.24) is 9.21 Å². The molecule has 1 aromatic carbocycles. The van der Waals surface area contributed by atoms with E-state index in [4.69, 9.17) is 11.6 Å². The fraction of sp³-hybridized carbons (Fsp3) is 0.571. The SMILES string of the molecule is CN(C)C1CCCN(S(=O)(=O)c2ccc(Cl)c(CO)c2)C1. The lowest BCUT2D eigenvalue weighted by atomic mass is 10.1. The summed E-state index contributed by atoms with van der Waals surface area (Å²) in [5, 5.41) is 9.61. The van der Waals surface area contributed by atoms with Gasteiger partial charge in [-0.15, -0.1) is 0 Å². The first-order valence-electron chi connectivity index (χ1n) is 6.92. The van der Waals surface area contributed by atoms with E-state index in [1.807, 2.05) is 14.1 Å². The molecule has 7 heteroatoms. The zero-order valence-corrected chi connectivity index (χ0v) is 13.9. The van der Waals surface area contributed by atoms with Crippen LogP contribution in [0.2, 0.25) is 5.02 Å². The predicted molar refractivity (Wildman–Crippen MR) is 82.8 cm³/mol. The Bertz CT molecular complexity index is 604. The Morgan fingerprint density at radius 3 is 2.76 bits per heavy atom. The van der Waals surface area contributed by atoms with Crippen LogP contribution in [-0.2, 0) is 16.6 Å². The third-order valence-corrected chi connectivity index (χ3v) is 6.14. The maximum atomic E-state index is 12.7. The molecule has 0 radical (unpaired) electrons. The van der Waals surface area contributed by atoms with Crippen LogP contribution >= 0.6 is 11.6 Å². The number of hydrogen-bond donors (Lipinski definition) is 1. The number of likely N-dealkylation sites (N-methyl/N-ethyl adjacent to an activating group) is 1. The monoisotopic (exact) mass is 332 g/mol. The zero-order chi connectivity index (χ0) is 15.6. The van der Waals surface area contributed by atoms with Gasteiger partial charge in [-0.05, 0) is 50.7 Å². The van der Waals surface area contributed by atoms with Gasteiger partial charge >= 0.3 is 0 Å². The predicted octanol–water partition coefficient (Wildman–Crippen LogP) is 1.55. The van der Waals surface area contributed by atoms with E-state index in [9.17, 15) is 13.5 Å². The Morgan fingerprint density at radius 2 is 2.14 bits per heavy atom. The van der Waals surface area contributed by atoms with Gasteiger partial charge in [0.15, 0.2) is 0 Å². The van der Waals surface area contributed by atoms with Gasteiger partial charge in [0.25, 0.3) is 0 Å². The van der Waals surface area contributed by atoms with Crippen molar-refractivity contribution in [2.24, 2.45) is 0 Å². The van der Waals surface area contributed by atoms with Gasteiger partial charge < -0.3 is 10.0 Å². The van der Waals surface area contributed by atoms with Crippen LogP contribution in [0.15, 0.2) is 23.1 Å². The summed E-state index contributed by atoms with van der Waals surface area (Å²) in [7, 11) is 0.390. The van der Waals surface area contributed by atoms with Gasteiger partial charge in [0.05, 0.1) is 11.5 Å². The van der Waals surface area contributed by atoms with Crippen molar-refractivity contribution < 1.29 is 13.5 Å². The summed E-state index contributed by atoms with van der Waals surface area (Å²) < 4.78 is 27.0. The number of aliphatic hydroxyl groups is 1. The molecule has 1 unspecified atom stereocenters. The first kappa shape index (κ1) is 16.7. The molecular formula is C14H21ClN2O3S. The van der Waals surface area contributed by atoms with Gasteiger partial charge in [0.2, 0.25) is 10.0 Å². The van der Waals surface area contributed by atoms with E-state index in [0.29, 0.717) is 23.7 Å². The minimum Gasteiger partial charge on any atom is -0.392 e. The molecule has 21 heavy (non-hydrogen) atoms. The Hall–Kier alpha value is -0.660. The Morgan fingerprint density at radius 1 is 1.43 bits per heavy atom. The van der Waals surface area contributed by atoms with Gasteiger partial charge in [0, 0.05) is 24.2 Å². The molecule has 1 N–H and O–H groups in total. The molecule has 1 aliphatic heterocycles. The highest BCUT2D eigenvalue weighted by Crippen LogP contribution is 2.25. The molecule has 118 valence electrons. The lowest BCUT2D eigenvalue weighted by Gasteiger charge is -2.35. The van der Waals surface area contributed by atoms with Crippen molar-refractivity contribution in [3.05, 3.63) is 28.8 Å². The number of rotatable bonds is 4. The lowest BCUT2D eigenvalue weighted by Crippen LogP contribution is -2.47. The number of benzene rings is 1. The second-order valence-corrected chi connectivity index (χ2v) is 7.88. The summed E-state index contributed by atoms with van der Waals surface area (Å²) in [5.74, 6) is 0. The molecule has 1 atom stereocenters. The number of sulfonamides is 1. The molecule has 0 spiro atoms. The van der Waals surface area contributed by atoms with Crippen LogP contribution in [-0.4, -0.2) is 56.0 Å². The van der Waals surface area contributed by atoms with Crippen LogP contribution in [0.5, 0.6) is 0 Å². The summed E-state index contributed by atoms with van der Waals surface area (Å²) >= 11 is 5.92. The van der Waals surface area contributed by atoms with Crippen LogP contribution < -0.4 is 0 Å². The standard InChI is InChI=1S/C14H21ClN2O3S/c1-16(2)12-4-3-7-17(9-12)21(19,20)13-5-6-14(15)11(8-13)10-18/h5-6,8,12,18H,3-4,7,9-10H2,1-2H3. The molecule has 1 aromatic rings. The molecule has 0 aliphatic carbocycles. The number of aliphatic hydroxyl groups excluding tert-OH is 1. The van der Waals surface area contributed by atoms with E-state index in [-0.39, 0.29) is 17.5 Å². The second kappa shape index (κ2) is 6.62. The molecule has 5 nitrogen and oxygen atoms in total. The summed E-state index contributed by atoms with van der Waals surface area (Å²) in [6.45, 7) is 0.749. The smallest absolute Gasteiger partial charge is 0.243 e. The molecular weight excluding hydrogens is 312 g/mol. The van der Waals surface area contributed by atoms with E-state index in [0.717, 1.165) is 12.8 Å². The first-order chi connectivity index (χ1) is 9.86. The topological polar surface area (TPSA) is 60.9 Å². The maximum absolute atomic E-state index is 12.7. The minimum absolute atomic E-state index is 0.190. The molecule has 1 fully saturated rings. The van der Waals surface area contributed by atoms with Crippen LogP contribution in [0.1, 0.15) is 18.4 Å².